The van der Waals surface area contributed by atoms with Crippen LogP contribution in [0.4, 0.5) is 0 Å². The third-order valence-electron chi connectivity index (χ3n) is 3.86. The topological polar surface area (TPSA) is 62.4 Å². The van der Waals surface area contributed by atoms with Gasteiger partial charge in [-0.1, -0.05) is 60.7 Å². The van der Waals surface area contributed by atoms with Gasteiger partial charge in [-0.2, -0.15) is 0 Å². The molecule has 2 aromatic rings. The van der Waals surface area contributed by atoms with Crippen molar-refractivity contribution in [2.24, 2.45) is 10.7 Å². The van der Waals surface area contributed by atoms with Crippen LogP contribution >= 0.6 is 0 Å². The van der Waals surface area contributed by atoms with Crippen LogP contribution in [0.1, 0.15) is 17.5 Å². The summed E-state index contributed by atoms with van der Waals surface area (Å²) in [5, 5.41) is 6.67. The number of rotatable bonds is 6. The molecule has 118 valence electrons. The third-order valence-corrected chi connectivity index (χ3v) is 3.86. The molecule has 0 spiro atoms. The second kappa shape index (κ2) is 7.11. The van der Waals surface area contributed by atoms with Crippen LogP contribution in [0, 0.1) is 0 Å². The van der Waals surface area contributed by atoms with Gasteiger partial charge in [0.05, 0.1) is 0 Å². The minimum Gasteiger partial charge on any atom is -0.368 e. The van der Waals surface area contributed by atoms with Crippen molar-refractivity contribution in [2.75, 3.05) is 0 Å². The highest BCUT2D eigenvalue weighted by molar-refractivity contribution is 5.73. The van der Waals surface area contributed by atoms with Gasteiger partial charge < -0.3 is 10.6 Å². The summed E-state index contributed by atoms with van der Waals surface area (Å²) >= 11 is 0. The first kappa shape index (κ1) is 15.3. The van der Waals surface area contributed by atoms with E-state index in [1.165, 1.54) is 11.1 Å². The molecule has 4 heteroatoms. The van der Waals surface area contributed by atoms with Gasteiger partial charge >= 0.3 is 0 Å². The van der Waals surface area contributed by atoms with E-state index in [-0.39, 0.29) is 0 Å². The van der Waals surface area contributed by atoms with Gasteiger partial charge in [-0.05, 0) is 23.6 Å². The normalized spacial score (nSPS) is 19.8. The number of hydrogen-bond donors (Lipinski definition) is 3. The molecule has 0 aromatic heterocycles. The molecule has 1 heterocycles. The average molecular weight is 306 g/mol. The predicted octanol–water partition coefficient (Wildman–Crippen LogP) is 2.54. The standard InChI is InChI=1S/C19H22N4/c20-19(13-11-16-7-3-1-4-8-16)22-14-12-18(23-19)21-15-17-9-5-2-6-10-17/h1-10,12,14,21,23H,11,13,15,20H2. The lowest BCUT2D eigenvalue weighted by atomic mass is 10.1. The lowest BCUT2D eigenvalue weighted by molar-refractivity contribution is 0.343. The molecule has 1 atom stereocenters. The average Bonchev–Trinajstić information content (AvgIpc) is 2.60. The van der Waals surface area contributed by atoms with Crippen LogP contribution in [0.25, 0.3) is 0 Å². The van der Waals surface area contributed by atoms with E-state index < -0.39 is 5.79 Å². The van der Waals surface area contributed by atoms with Crippen LogP contribution in [0.3, 0.4) is 0 Å². The lowest BCUT2D eigenvalue weighted by Crippen LogP contribution is -2.55. The monoisotopic (exact) mass is 306 g/mol. The van der Waals surface area contributed by atoms with Gasteiger partial charge in [0, 0.05) is 19.2 Å². The molecule has 4 nitrogen and oxygen atoms in total. The first-order chi connectivity index (χ1) is 11.2. The summed E-state index contributed by atoms with van der Waals surface area (Å²) in [5.74, 6) is 0.142. The summed E-state index contributed by atoms with van der Waals surface area (Å²) in [6.45, 7) is 0.752. The first-order valence-corrected chi connectivity index (χ1v) is 7.88. The maximum absolute atomic E-state index is 6.38. The second-order valence-corrected chi connectivity index (χ2v) is 5.73. The fourth-order valence-corrected chi connectivity index (χ4v) is 2.55. The van der Waals surface area contributed by atoms with Gasteiger partial charge in [0.25, 0.3) is 0 Å². The minimum absolute atomic E-state index is 0.734. The second-order valence-electron chi connectivity index (χ2n) is 5.73. The van der Waals surface area contributed by atoms with E-state index in [0.717, 1.165) is 25.2 Å². The van der Waals surface area contributed by atoms with Crippen molar-refractivity contribution in [1.29, 1.82) is 0 Å². The third kappa shape index (κ3) is 4.44. The Morgan fingerprint density at radius 2 is 1.61 bits per heavy atom. The highest BCUT2D eigenvalue weighted by atomic mass is 15.3. The SMILES string of the molecule is NC1(CCc2ccccc2)N=CC=C(NCc2ccccc2)N1. The van der Waals surface area contributed by atoms with E-state index in [4.69, 9.17) is 5.73 Å². The number of hydrogen-bond acceptors (Lipinski definition) is 4. The number of benzene rings is 2. The van der Waals surface area contributed by atoms with Gasteiger partial charge in [0.2, 0.25) is 0 Å². The Bertz CT molecular complexity index is 679. The molecule has 0 saturated carbocycles. The maximum Gasteiger partial charge on any atom is 0.183 e. The van der Waals surface area contributed by atoms with Crippen LogP contribution in [0.15, 0.2) is 77.6 Å². The lowest BCUT2D eigenvalue weighted by Gasteiger charge is -2.31. The van der Waals surface area contributed by atoms with Crippen LogP contribution in [-0.2, 0) is 13.0 Å². The van der Waals surface area contributed by atoms with E-state index in [9.17, 15) is 0 Å². The Hall–Kier alpha value is -2.59. The largest absolute Gasteiger partial charge is 0.368 e. The zero-order chi connectivity index (χ0) is 16.0. The summed E-state index contributed by atoms with van der Waals surface area (Å²) in [5.41, 5.74) is 8.87. The Morgan fingerprint density at radius 1 is 0.957 bits per heavy atom. The van der Waals surface area contributed by atoms with E-state index in [0.29, 0.717) is 0 Å². The Balaban J connectivity index is 1.54. The summed E-state index contributed by atoms with van der Waals surface area (Å²) in [6, 6.07) is 20.6. The molecule has 1 aliphatic rings. The molecular weight excluding hydrogens is 284 g/mol. The number of nitrogens with zero attached hydrogens (tertiary/aromatic N) is 1. The molecule has 0 fully saturated rings. The molecule has 23 heavy (non-hydrogen) atoms. The molecule has 4 N–H and O–H groups in total. The number of allylic oxidation sites excluding steroid dienone is 1. The van der Waals surface area contributed by atoms with Crippen molar-refractivity contribution < 1.29 is 0 Å². The molecule has 2 aromatic carbocycles. The van der Waals surface area contributed by atoms with E-state index in [2.05, 4.69) is 39.9 Å². The van der Waals surface area contributed by atoms with E-state index in [1.807, 2.05) is 42.5 Å². The van der Waals surface area contributed by atoms with Crippen LogP contribution < -0.4 is 16.4 Å². The Labute approximate surface area is 137 Å². The summed E-state index contributed by atoms with van der Waals surface area (Å²) < 4.78 is 0. The van der Waals surface area contributed by atoms with Crippen molar-refractivity contribution in [3.8, 4) is 0 Å². The fourth-order valence-electron chi connectivity index (χ4n) is 2.55. The Morgan fingerprint density at radius 3 is 2.30 bits per heavy atom. The van der Waals surface area contributed by atoms with Crippen molar-refractivity contribution in [3.63, 3.8) is 0 Å². The molecule has 0 bridgehead atoms. The number of nitrogens with one attached hydrogen (secondary N) is 2. The molecule has 3 rings (SSSR count). The first-order valence-electron chi connectivity index (χ1n) is 7.88. The van der Waals surface area contributed by atoms with Gasteiger partial charge in [-0.3, -0.25) is 10.7 Å². The molecule has 1 aliphatic heterocycles. The molecular formula is C19H22N4. The smallest absolute Gasteiger partial charge is 0.183 e. The molecule has 0 saturated heterocycles. The summed E-state index contributed by atoms with van der Waals surface area (Å²) in [4.78, 5) is 4.41. The predicted molar refractivity (Wildman–Crippen MR) is 94.7 cm³/mol. The van der Waals surface area contributed by atoms with Crippen molar-refractivity contribution in [3.05, 3.63) is 83.7 Å². The van der Waals surface area contributed by atoms with E-state index in [1.54, 1.807) is 6.21 Å². The van der Waals surface area contributed by atoms with Gasteiger partial charge in [-0.15, -0.1) is 0 Å². The van der Waals surface area contributed by atoms with Crippen LogP contribution in [0.5, 0.6) is 0 Å². The summed E-state index contributed by atoms with van der Waals surface area (Å²) in [7, 11) is 0. The zero-order valence-corrected chi connectivity index (χ0v) is 13.1. The van der Waals surface area contributed by atoms with Gasteiger partial charge in [-0.25, -0.2) is 0 Å². The quantitative estimate of drug-likeness (QED) is 0.768. The number of aryl methyl sites for hydroxylation is 1. The summed E-state index contributed by atoms with van der Waals surface area (Å²) in [6.07, 6.45) is 5.30. The van der Waals surface area contributed by atoms with Crippen molar-refractivity contribution >= 4 is 6.21 Å². The van der Waals surface area contributed by atoms with E-state index >= 15 is 0 Å². The molecule has 0 radical (unpaired) electrons. The fraction of sp³-hybridized carbons (Fsp3) is 0.211. The zero-order valence-electron chi connectivity index (χ0n) is 13.1. The van der Waals surface area contributed by atoms with Crippen molar-refractivity contribution in [1.82, 2.24) is 10.6 Å². The molecule has 1 unspecified atom stereocenters. The highest BCUT2D eigenvalue weighted by Gasteiger charge is 2.25. The highest BCUT2D eigenvalue weighted by Crippen LogP contribution is 2.14. The Kier molecular flexibility index (Phi) is 4.74. The molecule has 0 aliphatic carbocycles. The number of nitrogens with two attached hydrogens (primary N) is 1. The van der Waals surface area contributed by atoms with Gasteiger partial charge in [0.1, 0.15) is 5.82 Å². The van der Waals surface area contributed by atoms with Crippen LogP contribution in [-0.4, -0.2) is 12.0 Å². The molecule has 0 amide bonds. The maximum atomic E-state index is 6.38. The number of aliphatic imine (C=N–C) groups is 1. The van der Waals surface area contributed by atoms with Crippen molar-refractivity contribution in [2.45, 2.75) is 25.2 Å². The van der Waals surface area contributed by atoms with Crippen LogP contribution in [0.2, 0.25) is 0 Å². The minimum atomic E-state index is -0.760. The van der Waals surface area contributed by atoms with Gasteiger partial charge in [0.15, 0.2) is 5.79 Å².